The molecule has 0 saturated heterocycles. The van der Waals surface area contributed by atoms with Gasteiger partial charge in [-0.25, -0.2) is 0 Å². The van der Waals surface area contributed by atoms with Crippen molar-refractivity contribution in [3.05, 3.63) is 95.1 Å². The molecule has 2 aromatic carbocycles. The number of aromatic nitrogens is 3. The number of nitrogens with one attached hydrogen (secondary N) is 1. The minimum absolute atomic E-state index is 0.153. The number of ether oxygens (including phenoxy) is 1. The lowest BCUT2D eigenvalue weighted by Gasteiger charge is -2.15. The fraction of sp³-hybridized carbons (Fsp3) is 0.222. The molecule has 1 N–H and O–H groups in total. The van der Waals surface area contributed by atoms with Crippen LogP contribution in [0.1, 0.15) is 41.4 Å². The summed E-state index contributed by atoms with van der Waals surface area (Å²) in [6, 6.07) is 19.6. The Labute approximate surface area is 198 Å². The SMILES string of the molecule is CC(C)c1ccc(COc2ccc(-c3c(-c4cc[n+]([O-])cc4)nn4c3C(=O)NCC4)cc2)cc1. The van der Waals surface area contributed by atoms with Gasteiger partial charge in [0, 0.05) is 29.8 Å². The molecule has 0 fully saturated rings. The van der Waals surface area contributed by atoms with Gasteiger partial charge in [0.25, 0.3) is 5.91 Å². The maximum Gasteiger partial charge on any atom is 0.270 e. The van der Waals surface area contributed by atoms with Gasteiger partial charge in [0.05, 0.1) is 6.54 Å². The Morgan fingerprint density at radius 1 is 1.03 bits per heavy atom. The van der Waals surface area contributed by atoms with Crippen molar-refractivity contribution in [2.75, 3.05) is 6.54 Å². The highest BCUT2D eigenvalue weighted by atomic mass is 16.5. The molecule has 0 unspecified atom stereocenters. The van der Waals surface area contributed by atoms with Gasteiger partial charge in [0.2, 0.25) is 0 Å². The van der Waals surface area contributed by atoms with Gasteiger partial charge in [-0.1, -0.05) is 50.2 Å². The van der Waals surface area contributed by atoms with Crippen LogP contribution in [-0.4, -0.2) is 22.2 Å². The summed E-state index contributed by atoms with van der Waals surface area (Å²) in [7, 11) is 0. The average Bonchev–Trinajstić information content (AvgIpc) is 3.25. The zero-order chi connectivity index (χ0) is 23.7. The van der Waals surface area contributed by atoms with Crippen molar-refractivity contribution >= 4 is 5.91 Å². The number of carbonyl (C=O) groups is 1. The Bertz CT molecular complexity index is 1310. The molecule has 7 nitrogen and oxygen atoms in total. The highest BCUT2D eigenvalue weighted by Gasteiger charge is 2.28. The molecule has 0 atom stereocenters. The standard InChI is InChI=1S/C27H26N4O3/c1-18(2)20-5-3-19(4-6-20)17-34-23-9-7-21(8-10-23)24-25(22-11-14-30(33)15-12-22)29-31-16-13-28-27(32)26(24)31/h3-12,14-15,18H,13,16-17H2,1-2H3,(H,28,32). The predicted molar refractivity (Wildman–Crippen MR) is 129 cm³/mol. The zero-order valence-corrected chi connectivity index (χ0v) is 19.2. The number of nitrogens with zero attached hydrogens (tertiary/aromatic N) is 3. The van der Waals surface area contributed by atoms with Crippen LogP contribution in [0.15, 0.2) is 73.1 Å². The van der Waals surface area contributed by atoms with Crippen molar-refractivity contribution in [1.29, 1.82) is 0 Å². The summed E-state index contributed by atoms with van der Waals surface area (Å²) in [5, 5.41) is 19.1. The van der Waals surface area contributed by atoms with Gasteiger partial charge in [-0.2, -0.15) is 9.83 Å². The van der Waals surface area contributed by atoms with Crippen LogP contribution in [0.25, 0.3) is 22.4 Å². The molecule has 0 bridgehead atoms. The van der Waals surface area contributed by atoms with Crippen LogP contribution in [0.2, 0.25) is 0 Å². The third kappa shape index (κ3) is 4.24. The van der Waals surface area contributed by atoms with E-state index in [0.29, 0.717) is 37.0 Å². The second-order valence-corrected chi connectivity index (χ2v) is 8.71. The third-order valence-electron chi connectivity index (χ3n) is 6.05. The summed E-state index contributed by atoms with van der Waals surface area (Å²) in [6.45, 7) is 5.97. The third-order valence-corrected chi connectivity index (χ3v) is 6.05. The first kappa shape index (κ1) is 21.7. The normalized spacial score (nSPS) is 13.0. The maximum absolute atomic E-state index is 12.7. The molecule has 1 amide bonds. The molecule has 172 valence electrons. The van der Waals surface area contributed by atoms with Crippen molar-refractivity contribution in [2.24, 2.45) is 0 Å². The number of hydrogen-bond donors (Lipinski definition) is 1. The Morgan fingerprint density at radius 3 is 2.41 bits per heavy atom. The Kier molecular flexibility index (Phi) is 5.76. The molecule has 1 aliphatic heterocycles. The van der Waals surface area contributed by atoms with Crippen LogP contribution >= 0.6 is 0 Å². The van der Waals surface area contributed by atoms with Crippen molar-refractivity contribution < 1.29 is 14.3 Å². The number of amides is 1. The fourth-order valence-corrected chi connectivity index (χ4v) is 4.14. The molecule has 5 rings (SSSR count). The molecular weight excluding hydrogens is 428 g/mol. The van der Waals surface area contributed by atoms with Gasteiger partial charge in [0.15, 0.2) is 12.4 Å². The molecule has 0 radical (unpaired) electrons. The first-order valence-electron chi connectivity index (χ1n) is 11.4. The summed E-state index contributed by atoms with van der Waals surface area (Å²) < 4.78 is 8.46. The van der Waals surface area contributed by atoms with Crippen LogP contribution < -0.4 is 14.8 Å². The number of carbonyl (C=O) groups excluding carboxylic acids is 1. The van der Waals surface area contributed by atoms with E-state index in [0.717, 1.165) is 32.7 Å². The fourth-order valence-electron chi connectivity index (χ4n) is 4.14. The first-order chi connectivity index (χ1) is 16.5. The summed E-state index contributed by atoms with van der Waals surface area (Å²) in [5.41, 5.74) is 6.00. The van der Waals surface area contributed by atoms with E-state index in [2.05, 4.69) is 43.4 Å². The number of pyridine rings is 1. The smallest absolute Gasteiger partial charge is 0.270 e. The minimum Gasteiger partial charge on any atom is -0.619 e. The number of rotatable bonds is 6. The molecule has 2 aromatic heterocycles. The minimum atomic E-state index is -0.153. The van der Waals surface area contributed by atoms with E-state index in [-0.39, 0.29) is 5.91 Å². The van der Waals surface area contributed by atoms with E-state index in [1.165, 1.54) is 18.0 Å². The lowest BCUT2D eigenvalue weighted by molar-refractivity contribution is -0.605. The molecule has 0 aliphatic carbocycles. The molecule has 0 saturated carbocycles. The van der Waals surface area contributed by atoms with Gasteiger partial charge >= 0.3 is 0 Å². The molecule has 34 heavy (non-hydrogen) atoms. The monoisotopic (exact) mass is 454 g/mol. The van der Waals surface area contributed by atoms with Crippen molar-refractivity contribution in [2.45, 2.75) is 32.9 Å². The predicted octanol–water partition coefficient (Wildman–Crippen LogP) is 4.30. The summed E-state index contributed by atoms with van der Waals surface area (Å²) in [4.78, 5) is 12.7. The van der Waals surface area contributed by atoms with Crippen LogP contribution in [0.3, 0.4) is 0 Å². The van der Waals surface area contributed by atoms with E-state index < -0.39 is 0 Å². The van der Waals surface area contributed by atoms with Gasteiger partial charge in [-0.05, 0) is 34.7 Å². The summed E-state index contributed by atoms with van der Waals surface area (Å²) >= 11 is 0. The lowest BCUT2D eigenvalue weighted by atomic mass is 9.98. The van der Waals surface area contributed by atoms with E-state index in [4.69, 9.17) is 9.84 Å². The number of hydrogen-bond acceptors (Lipinski definition) is 4. The second kappa shape index (κ2) is 9.02. The first-order valence-corrected chi connectivity index (χ1v) is 11.4. The van der Waals surface area contributed by atoms with Crippen molar-refractivity contribution in [1.82, 2.24) is 15.1 Å². The van der Waals surface area contributed by atoms with E-state index in [1.54, 1.807) is 16.8 Å². The van der Waals surface area contributed by atoms with Crippen LogP contribution in [0.5, 0.6) is 5.75 Å². The number of fused-ring (bicyclic) bond motifs is 1. The number of benzene rings is 2. The highest BCUT2D eigenvalue weighted by Crippen LogP contribution is 2.36. The molecule has 1 aliphatic rings. The molecule has 7 heteroatoms. The van der Waals surface area contributed by atoms with E-state index in [1.807, 2.05) is 24.3 Å². The van der Waals surface area contributed by atoms with E-state index in [9.17, 15) is 10.0 Å². The van der Waals surface area contributed by atoms with E-state index >= 15 is 0 Å². The van der Waals surface area contributed by atoms with Crippen molar-refractivity contribution in [3.63, 3.8) is 0 Å². The lowest BCUT2D eigenvalue weighted by Crippen LogP contribution is -2.35. The van der Waals surface area contributed by atoms with Crippen LogP contribution in [-0.2, 0) is 13.2 Å². The Morgan fingerprint density at radius 2 is 1.74 bits per heavy atom. The Hall–Kier alpha value is -4.13. The van der Waals surface area contributed by atoms with Crippen molar-refractivity contribution in [3.8, 4) is 28.1 Å². The highest BCUT2D eigenvalue weighted by molar-refractivity contribution is 6.03. The van der Waals surface area contributed by atoms with Gasteiger partial charge in [-0.15, -0.1) is 0 Å². The van der Waals surface area contributed by atoms with Gasteiger partial charge in [-0.3, -0.25) is 9.48 Å². The summed E-state index contributed by atoms with van der Waals surface area (Å²) in [6.07, 6.45) is 2.87. The molecule has 4 aromatic rings. The van der Waals surface area contributed by atoms with Crippen LogP contribution in [0, 0.1) is 5.21 Å². The largest absolute Gasteiger partial charge is 0.619 e. The maximum atomic E-state index is 12.7. The van der Waals surface area contributed by atoms with Gasteiger partial charge in [0.1, 0.15) is 23.7 Å². The quantitative estimate of drug-likeness (QED) is 0.348. The van der Waals surface area contributed by atoms with Crippen LogP contribution in [0.4, 0.5) is 0 Å². The Balaban J connectivity index is 1.43. The van der Waals surface area contributed by atoms with Gasteiger partial charge < -0.3 is 15.3 Å². The molecular formula is C27H26N4O3. The topological polar surface area (TPSA) is 83.1 Å². The zero-order valence-electron chi connectivity index (χ0n) is 19.2. The molecule has 0 spiro atoms. The average molecular weight is 455 g/mol. The molecule has 3 heterocycles. The summed E-state index contributed by atoms with van der Waals surface area (Å²) in [5.74, 6) is 1.09. The second-order valence-electron chi connectivity index (χ2n) is 8.71.